The number of benzene rings is 3. The molecular formula is C26H25FN2O4S. The second-order valence-electron chi connectivity index (χ2n) is 7.26. The third kappa shape index (κ3) is 6.68. The molecule has 3 aromatic rings. The van der Waals surface area contributed by atoms with Crippen LogP contribution in [0.15, 0.2) is 77.7 Å². The van der Waals surface area contributed by atoms with E-state index in [1.54, 1.807) is 55.5 Å². The average molecular weight is 481 g/mol. The number of nitrogens with one attached hydrogen (secondary N) is 2. The predicted octanol–water partition coefficient (Wildman–Crippen LogP) is 5.76. The van der Waals surface area contributed by atoms with Crippen LogP contribution in [-0.4, -0.2) is 29.6 Å². The Labute approximate surface area is 201 Å². The van der Waals surface area contributed by atoms with Gasteiger partial charge in [0.25, 0.3) is 5.91 Å². The molecule has 0 spiro atoms. The number of anilines is 2. The molecule has 0 aliphatic rings. The fraction of sp³-hybridized carbons (Fsp3) is 0.192. The fourth-order valence-electron chi connectivity index (χ4n) is 3.10. The molecule has 0 aliphatic heterocycles. The van der Waals surface area contributed by atoms with Gasteiger partial charge >= 0.3 is 5.97 Å². The second kappa shape index (κ2) is 12.0. The van der Waals surface area contributed by atoms with Crippen molar-refractivity contribution < 1.29 is 23.5 Å². The third-order valence-corrected chi connectivity index (χ3v) is 6.17. The van der Waals surface area contributed by atoms with Crippen molar-refractivity contribution in [2.75, 3.05) is 17.2 Å². The molecule has 0 saturated heterocycles. The number of rotatable bonds is 9. The average Bonchev–Trinajstić information content (AvgIpc) is 2.83. The molecule has 0 aliphatic carbocycles. The molecule has 1 atom stereocenters. The van der Waals surface area contributed by atoms with Crippen LogP contribution in [0.4, 0.5) is 15.8 Å². The monoisotopic (exact) mass is 480 g/mol. The summed E-state index contributed by atoms with van der Waals surface area (Å²) in [6.07, 6.45) is 0.573. The van der Waals surface area contributed by atoms with Crippen LogP contribution in [0.1, 0.15) is 41.0 Å². The van der Waals surface area contributed by atoms with E-state index >= 15 is 0 Å². The number of thioether (sulfide) groups is 1. The highest BCUT2D eigenvalue weighted by Gasteiger charge is 2.19. The number of carbonyl (C=O) groups is 3. The van der Waals surface area contributed by atoms with Gasteiger partial charge in [0, 0.05) is 16.3 Å². The number of halogens is 1. The van der Waals surface area contributed by atoms with E-state index in [2.05, 4.69) is 10.6 Å². The number of ether oxygens (including phenoxy) is 1. The Balaban J connectivity index is 1.63. The van der Waals surface area contributed by atoms with E-state index in [1.165, 1.54) is 30.0 Å². The van der Waals surface area contributed by atoms with Gasteiger partial charge in [-0.3, -0.25) is 9.59 Å². The summed E-state index contributed by atoms with van der Waals surface area (Å²) in [5.41, 5.74) is 1.45. The van der Waals surface area contributed by atoms with Gasteiger partial charge in [0.05, 0.1) is 23.0 Å². The molecule has 3 rings (SSSR count). The lowest BCUT2D eigenvalue weighted by Crippen LogP contribution is -2.24. The van der Waals surface area contributed by atoms with E-state index < -0.39 is 17.7 Å². The van der Waals surface area contributed by atoms with Crippen molar-refractivity contribution in [3.63, 3.8) is 0 Å². The van der Waals surface area contributed by atoms with Crippen LogP contribution in [0.2, 0.25) is 0 Å². The molecule has 0 aromatic heterocycles. The van der Waals surface area contributed by atoms with Gasteiger partial charge in [-0.1, -0.05) is 25.1 Å². The lowest BCUT2D eigenvalue weighted by molar-refractivity contribution is -0.115. The third-order valence-electron chi connectivity index (χ3n) is 4.82. The van der Waals surface area contributed by atoms with Gasteiger partial charge < -0.3 is 15.4 Å². The second-order valence-corrected chi connectivity index (χ2v) is 8.54. The van der Waals surface area contributed by atoms with E-state index in [-0.39, 0.29) is 16.7 Å². The van der Waals surface area contributed by atoms with Crippen LogP contribution in [0.5, 0.6) is 0 Å². The van der Waals surface area contributed by atoms with Crippen molar-refractivity contribution in [3.8, 4) is 0 Å². The minimum absolute atomic E-state index is 0.0413. The Hall–Kier alpha value is -3.65. The van der Waals surface area contributed by atoms with Crippen LogP contribution >= 0.6 is 11.8 Å². The fourth-order valence-corrected chi connectivity index (χ4v) is 4.12. The minimum Gasteiger partial charge on any atom is -0.462 e. The summed E-state index contributed by atoms with van der Waals surface area (Å²) in [5.74, 6) is -1.73. The zero-order valence-electron chi connectivity index (χ0n) is 18.8. The van der Waals surface area contributed by atoms with E-state index in [1.807, 2.05) is 13.0 Å². The maximum atomic E-state index is 13.9. The smallest absolute Gasteiger partial charge is 0.338 e. The van der Waals surface area contributed by atoms with E-state index in [9.17, 15) is 18.8 Å². The lowest BCUT2D eigenvalue weighted by atomic mass is 10.2. The van der Waals surface area contributed by atoms with Crippen LogP contribution < -0.4 is 10.6 Å². The number of carbonyl (C=O) groups excluding carboxylic acids is 3. The molecule has 6 nitrogen and oxygen atoms in total. The first-order valence-corrected chi connectivity index (χ1v) is 11.7. The van der Waals surface area contributed by atoms with Gasteiger partial charge in [0.1, 0.15) is 5.82 Å². The minimum atomic E-state index is -0.594. The number of hydrogen-bond acceptors (Lipinski definition) is 5. The lowest BCUT2D eigenvalue weighted by Gasteiger charge is -2.16. The molecule has 8 heteroatoms. The molecule has 176 valence electrons. The van der Waals surface area contributed by atoms with Gasteiger partial charge in [0.2, 0.25) is 5.91 Å². The summed E-state index contributed by atoms with van der Waals surface area (Å²) in [6, 6.07) is 19.3. The van der Waals surface area contributed by atoms with Crippen molar-refractivity contribution in [3.05, 3.63) is 89.7 Å². The van der Waals surface area contributed by atoms with Crippen LogP contribution in [-0.2, 0) is 9.53 Å². The molecule has 2 amide bonds. The molecule has 0 radical (unpaired) electrons. The molecule has 0 heterocycles. The molecule has 3 aromatic carbocycles. The van der Waals surface area contributed by atoms with Gasteiger partial charge in [-0.2, -0.15) is 0 Å². The highest BCUT2D eigenvalue weighted by Crippen LogP contribution is 2.29. The first-order chi connectivity index (χ1) is 16.4. The molecular weight excluding hydrogens is 455 g/mol. The maximum Gasteiger partial charge on any atom is 0.338 e. The van der Waals surface area contributed by atoms with Gasteiger partial charge in [-0.05, 0) is 67.9 Å². The topological polar surface area (TPSA) is 84.5 Å². The number of hydrogen-bond donors (Lipinski definition) is 2. The largest absolute Gasteiger partial charge is 0.462 e. The maximum absolute atomic E-state index is 13.9. The van der Waals surface area contributed by atoms with Crippen molar-refractivity contribution in [2.24, 2.45) is 0 Å². The van der Waals surface area contributed by atoms with Gasteiger partial charge in [0.15, 0.2) is 0 Å². The SMILES string of the molecule is CCOC(=O)c1ccc(NC(=O)C(CC)Sc2cccc(NC(=O)c3ccccc3F)c2)cc1. The molecule has 2 N–H and O–H groups in total. The summed E-state index contributed by atoms with van der Waals surface area (Å²) >= 11 is 1.36. The molecule has 0 saturated carbocycles. The summed E-state index contributed by atoms with van der Waals surface area (Å²) in [6.45, 7) is 3.94. The molecule has 0 fully saturated rings. The van der Waals surface area contributed by atoms with Crippen molar-refractivity contribution >= 4 is 40.9 Å². The van der Waals surface area contributed by atoms with Crippen LogP contribution in [0, 0.1) is 5.82 Å². The summed E-state index contributed by atoms with van der Waals surface area (Å²) in [7, 11) is 0. The van der Waals surface area contributed by atoms with Crippen LogP contribution in [0.3, 0.4) is 0 Å². The Bertz CT molecular complexity index is 1170. The first-order valence-electron chi connectivity index (χ1n) is 10.8. The Morgan fingerprint density at radius 3 is 2.32 bits per heavy atom. The highest BCUT2D eigenvalue weighted by molar-refractivity contribution is 8.00. The number of esters is 1. The van der Waals surface area contributed by atoms with Crippen molar-refractivity contribution in [1.29, 1.82) is 0 Å². The Kier molecular flexibility index (Phi) is 8.81. The first kappa shape index (κ1) is 25.0. The standard InChI is InChI=1S/C26H25FN2O4S/c1-3-23(25(31)28-18-14-12-17(13-15-18)26(32)33-4-2)34-20-9-7-8-19(16-20)29-24(30)21-10-5-6-11-22(21)27/h5-16,23H,3-4H2,1-2H3,(H,28,31)(H,29,30). The zero-order chi connectivity index (χ0) is 24.5. The molecule has 1 unspecified atom stereocenters. The zero-order valence-corrected chi connectivity index (χ0v) is 19.7. The van der Waals surface area contributed by atoms with Crippen LogP contribution in [0.25, 0.3) is 0 Å². The normalized spacial score (nSPS) is 11.4. The summed E-state index contributed by atoms with van der Waals surface area (Å²) in [4.78, 5) is 37.8. The highest BCUT2D eigenvalue weighted by atomic mass is 32.2. The molecule has 0 bridgehead atoms. The van der Waals surface area contributed by atoms with E-state index in [0.717, 1.165) is 4.90 Å². The van der Waals surface area contributed by atoms with Gasteiger partial charge in [-0.15, -0.1) is 11.8 Å². The quantitative estimate of drug-likeness (QED) is 0.300. The predicted molar refractivity (Wildman–Crippen MR) is 132 cm³/mol. The molecule has 34 heavy (non-hydrogen) atoms. The Morgan fingerprint density at radius 1 is 0.912 bits per heavy atom. The summed E-state index contributed by atoms with van der Waals surface area (Å²) in [5, 5.41) is 5.17. The van der Waals surface area contributed by atoms with E-state index in [4.69, 9.17) is 4.74 Å². The van der Waals surface area contributed by atoms with Gasteiger partial charge in [-0.25, -0.2) is 9.18 Å². The van der Waals surface area contributed by atoms with Crippen molar-refractivity contribution in [2.45, 2.75) is 30.4 Å². The number of amides is 2. The Morgan fingerprint density at radius 2 is 1.65 bits per heavy atom. The van der Waals surface area contributed by atoms with Crippen molar-refractivity contribution in [1.82, 2.24) is 0 Å². The van der Waals surface area contributed by atoms with E-state index in [0.29, 0.717) is 30.0 Å². The summed E-state index contributed by atoms with van der Waals surface area (Å²) < 4.78 is 18.8.